The highest BCUT2D eigenvalue weighted by molar-refractivity contribution is 5.74. The van der Waals surface area contributed by atoms with Crippen molar-refractivity contribution in [2.24, 2.45) is 5.41 Å². The Hall–Kier alpha value is -2.67. The molecule has 1 amide bonds. The van der Waals surface area contributed by atoms with Crippen molar-refractivity contribution >= 4 is 11.9 Å². The Morgan fingerprint density at radius 3 is 2.50 bits per heavy atom. The predicted octanol–water partition coefficient (Wildman–Crippen LogP) is 2.16. The number of amides is 1. The van der Waals surface area contributed by atoms with Gasteiger partial charge in [-0.25, -0.2) is 4.68 Å². The molecule has 2 aliphatic heterocycles. The first-order valence-electron chi connectivity index (χ1n) is 9.77. The van der Waals surface area contributed by atoms with Gasteiger partial charge in [0.1, 0.15) is 6.04 Å². The molecule has 2 fully saturated rings. The van der Waals surface area contributed by atoms with Gasteiger partial charge in [0.15, 0.2) is 0 Å². The fourth-order valence-electron chi connectivity index (χ4n) is 4.62. The highest BCUT2D eigenvalue weighted by Crippen LogP contribution is 2.44. The van der Waals surface area contributed by atoms with Gasteiger partial charge in [-0.2, -0.15) is 5.10 Å². The summed E-state index contributed by atoms with van der Waals surface area (Å²) in [6.45, 7) is 4.46. The summed E-state index contributed by atoms with van der Waals surface area (Å²) in [5, 5.41) is 14.0. The van der Waals surface area contributed by atoms with Crippen LogP contribution in [0.1, 0.15) is 31.7 Å². The molecule has 1 N–H and O–H groups in total. The van der Waals surface area contributed by atoms with Gasteiger partial charge in [0.25, 0.3) is 0 Å². The van der Waals surface area contributed by atoms with Gasteiger partial charge in [0, 0.05) is 45.5 Å². The van der Waals surface area contributed by atoms with E-state index in [1.165, 1.54) is 0 Å². The summed E-state index contributed by atoms with van der Waals surface area (Å²) in [5.41, 5.74) is 2.09. The Bertz CT molecular complexity index is 839. The van der Waals surface area contributed by atoms with E-state index in [1.807, 2.05) is 41.4 Å². The number of benzene rings is 1. The first-order valence-corrected chi connectivity index (χ1v) is 9.77. The van der Waals surface area contributed by atoms with E-state index in [9.17, 15) is 14.7 Å². The quantitative estimate of drug-likeness (QED) is 0.877. The average Bonchev–Trinajstić information content (AvgIpc) is 3.32. The minimum atomic E-state index is -0.751. The van der Waals surface area contributed by atoms with E-state index in [-0.39, 0.29) is 11.3 Å². The molecule has 0 aliphatic carbocycles. The smallest absolute Gasteiger partial charge is 0.320 e. The van der Waals surface area contributed by atoms with Crippen LogP contribution in [0.5, 0.6) is 0 Å². The third kappa shape index (κ3) is 3.67. The van der Waals surface area contributed by atoms with E-state index in [0.29, 0.717) is 13.0 Å². The van der Waals surface area contributed by atoms with Crippen LogP contribution in [0.15, 0.2) is 42.7 Å². The summed E-state index contributed by atoms with van der Waals surface area (Å²) >= 11 is 0. The van der Waals surface area contributed by atoms with Gasteiger partial charge in [-0.15, -0.1) is 0 Å². The maximum Gasteiger partial charge on any atom is 0.320 e. The second kappa shape index (κ2) is 7.39. The molecule has 1 aromatic heterocycles. The summed E-state index contributed by atoms with van der Waals surface area (Å²) < 4.78 is 1.80. The Labute approximate surface area is 164 Å². The summed E-state index contributed by atoms with van der Waals surface area (Å²) in [6, 6.07) is 9.52. The van der Waals surface area contributed by atoms with Crippen molar-refractivity contribution < 1.29 is 14.7 Å². The van der Waals surface area contributed by atoms with Crippen molar-refractivity contribution in [1.82, 2.24) is 19.6 Å². The topological polar surface area (TPSA) is 78.7 Å². The zero-order chi connectivity index (χ0) is 19.7. The molecule has 0 radical (unpaired) electrons. The molecular formula is C21H26N4O3. The van der Waals surface area contributed by atoms with Crippen LogP contribution in [0.2, 0.25) is 0 Å². The lowest BCUT2D eigenvalue weighted by molar-refractivity contribution is -0.142. The molecule has 1 aromatic carbocycles. The molecule has 28 heavy (non-hydrogen) atoms. The number of aromatic nitrogens is 2. The molecule has 0 bridgehead atoms. The SMILES string of the molecule is CC(=O)N1CCC2(CC1)CC(C(=O)O)N(Cc1ccc(-n3cccn3)cc1)C2. The van der Waals surface area contributed by atoms with Crippen molar-refractivity contribution in [3.05, 3.63) is 48.3 Å². The van der Waals surface area contributed by atoms with Gasteiger partial charge < -0.3 is 10.0 Å². The summed E-state index contributed by atoms with van der Waals surface area (Å²) in [4.78, 5) is 27.5. The maximum absolute atomic E-state index is 11.9. The first-order chi connectivity index (χ1) is 13.5. The number of carbonyl (C=O) groups is 2. The van der Waals surface area contributed by atoms with Gasteiger partial charge >= 0.3 is 5.97 Å². The second-order valence-electron chi connectivity index (χ2n) is 8.09. The minimum Gasteiger partial charge on any atom is -0.480 e. The van der Waals surface area contributed by atoms with E-state index in [0.717, 1.165) is 43.7 Å². The van der Waals surface area contributed by atoms with E-state index in [1.54, 1.807) is 17.8 Å². The van der Waals surface area contributed by atoms with Crippen molar-refractivity contribution in [1.29, 1.82) is 0 Å². The Morgan fingerprint density at radius 2 is 1.93 bits per heavy atom. The second-order valence-corrected chi connectivity index (χ2v) is 8.09. The molecule has 2 saturated heterocycles. The average molecular weight is 382 g/mol. The monoisotopic (exact) mass is 382 g/mol. The first kappa shape index (κ1) is 18.7. The van der Waals surface area contributed by atoms with Crippen LogP contribution < -0.4 is 0 Å². The number of carboxylic acids is 1. The summed E-state index contributed by atoms with van der Waals surface area (Å²) in [5.74, 6) is -0.643. The third-order valence-corrected chi connectivity index (χ3v) is 6.25. The van der Waals surface area contributed by atoms with Gasteiger partial charge in [-0.3, -0.25) is 14.5 Å². The van der Waals surface area contributed by atoms with Crippen molar-refractivity contribution in [2.75, 3.05) is 19.6 Å². The predicted molar refractivity (Wildman–Crippen MR) is 104 cm³/mol. The van der Waals surface area contributed by atoms with Gasteiger partial charge in [0.2, 0.25) is 5.91 Å². The molecule has 1 unspecified atom stereocenters. The molecular weight excluding hydrogens is 356 g/mol. The van der Waals surface area contributed by atoms with Crippen molar-refractivity contribution in [2.45, 2.75) is 38.8 Å². The standard InChI is InChI=1S/C21H26N4O3/c1-16(26)23-11-7-21(8-12-23)13-19(20(27)28)24(15-21)14-17-3-5-18(6-4-17)25-10-2-9-22-25/h2-6,9-10,19H,7-8,11-15H2,1H3,(H,27,28). The molecule has 3 heterocycles. The van der Waals surface area contributed by atoms with E-state index in [4.69, 9.17) is 0 Å². The summed E-state index contributed by atoms with van der Waals surface area (Å²) in [7, 11) is 0. The van der Waals surface area contributed by atoms with E-state index >= 15 is 0 Å². The zero-order valence-corrected chi connectivity index (χ0v) is 16.1. The lowest BCUT2D eigenvalue weighted by Gasteiger charge is -2.39. The lowest BCUT2D eigenvalue weighted by atomic mass is 9.76. The lowest BCUT2D eigenvalue weighted by Crippen LogP contribution is -2.43. The van der Waals surface area contributed by atoms with Crippen molar-refractivity contribution in [3.63, 3.8) is 0 Å². The normalized spacial score (nSPS) is 21.9. The largest absolute Gasteiger partial charge is 0.480 e. The molecule has 0 saturated carbocycles. The Kier molecular flexibility index (Phi) is 4.93. The maximum atomic E-state index is 11.9. The van der Waals surface area contributed by atoms with Crippen LogP contribution in [0, 0.1) is 5.41 Å². The summed E-state index contributed by atoms with van der Waals surface area (Å²) in [6.07, 6.45) is 6.06. The molecule has 4 rings (SSSR count). The zero-order valence-electron chi connectivity index (χ0n) is 16.1. The van der Waals surface area contributed by atoms with Crippen molar-refractivity contribution in [3.8, 4) is 5.69 Å². The minimum absolute atomic E-state index is 0.00398. The van der Waals surface area contributed by atoms with Gasteiger partial charge in [0.05, 0.1) is 5.69 Å². The number of hydrogen-bond acceptors (Lipinski definition) is 4. The molecule has 2 aromatic rings. The van der Waals surface area contributed by atoms with Gasteiger partial charge in [-0.05, 0) is 48.4 Å². The Morgan fingerprint density at radius 1 is 1.21 bits per heavy atom. The van der Waals surface area contributed by atoms with Crippen LogP contribution in [0.25, 0.3) is 5.69 Å². The van der Waals surface area contributed by atoms with Crippen LogP contribution in [0.3, 0.4) is 0 Å². The molecule has 1 spiro atoms. The number of carboxylic acid groups (broad SMARTS) is 1. The third-order valence-electron chi connectivity index (χ3n) is 6.25. The number of piperidine rings is 1. The molecule has 148 valence electrons. The van der Waals surface area contributed by atoms with E-state index in [2.05, 4.69) is 10.00 Å². The van der Waals surface area contributed by atoms with Gasteiger partial charge in [-0.1, -0.05) is 12.1 Å². The van der Waals surface area contributed by atoms with Crippen LogP contribution in [-0.4, -0.2) is 62.2 Å². The number of nitrogens with zero attached hydrogens (tertiary/aromatic N) is 4. The van der Waals surface area contributed by atoms with Crippen LogP contribution in [-0.2, 0) is 16.1 Å². The molecule has 2 aliphatic rings. The number of carbonyl (C=O) groups excluding carboxylic acids is 1. The number of rotatable bonds is 4. The number of aliphatic carboxylic acids is 1. The molecule has 7 nitrogen and oxygen atoms in total. The number of hydrogen-bond donors (Lipinski definition) is 1. The van der Waals surface area contributed by atoms with Crippen LogP contribution >= 0.6 is 0 Å². The van der Waals surface area contributed by atoms with Crippen LogP contribution in [0.4, 0.5) is 0 Å². The van der Waals surface area contributed by atoms with E-state index < -0.39 is 12.0 Å². The highest BCUT2D eigenvalue weighted by Gasteiger charge is 2.48. The number of likely N-dealkylation sites (tertiary alicyclic amines) is 2. The fraction of sp³-hybridized carbons (Fsp3) is 0.476. The Balaban J connectivity index is 1.46. The highest BCUT2D eigenvalue weighted by atomic mass is 16.4. The molecule has 7 heteroatoms. The molecule has 1 atom stereocenters. The fourth-order valence-corrected chi connectivity index (χ4v) is 4.62.